The van der Waals surface area contributed by atoms with Gasteiger partial charge in [-0.1, -0.05) is 12.2 Å². The van der Waals surface area contributed by atoms with Crippen LogP contribution in [0.5, 0.6) is 0 Å². The van der Waals surface area contributed by atoms with Gasteiger partial charge < -0.3 is 4.74 Å². The zero-order valence-corrected chi connectivity index (χ0v) is 7.62. The fourth-order valence-corrected chi connectivity index (χ4v) is 1.18. The van der Waals surface area contributed by atoms with E-state index in [9.17, 15) is 4.79 Å². The predicted molar refractivity (Wildman–Crippen MR) is 46.8 cm³/mol. The van der Waals surface area contributed by atoms with E-state index in [1.54, 1.807) is 0 Å². The number of methoxy groups -OCH3 is 1. The predicted octanol–water partition coefficient (Wildman–Crippen LogP) is 0.810. The maximum Gasteiger partial charge on any atom is 0.307 e. The Labute approximate surface area is 73.0 Å². The molecular formula is C9H15NO2. The number of esters is 1. The second kappa shape index (κ2) is 4.26. The van der Waals surface area contributed by atoms with Crippen molar-refractivity contribution in [3.05, 3.63) is 12.2 Å². The topological polar surface area (TPSA) is 29.3 Å². The van der Waals surface area contributed by atoms with Gasteiger partial charge in [0.25, 0.3) is 0 Å². The van der Waals surface area contributed by atoms with E-state index in [4.69, 9.17) is 0 Å². The van der Waals surface area contributed by atoms with E-state index < -0.39 is 0 Å². The maximum absolute atomic E-state index is 10.9. The third-order valence-electron chi connectivity index (χ3n) is 1.97. The van der Waals surface area contributed by atoms with Gasteiger partial charge in [0, 0.05) is 19.1 Å². The average molecular weight is 169 g/mol. The van der Waals surface area contributed by atoms with Gasteiger partial charge in [-0.25, -0.2) is 0 Å². The molecular weight excluding hydrogens is 154 g/mol. The second-order valence-corrected chi connectivity index (χ2v) is 2.91. The first-order valence-electron chi connectivity index (χ1n) is 4.21. The van der Waals surface area contributed by atoms with Gasteiger partial charge in [-0.2, -0.15) is 0 Å². The monoisotopic (exact) mass is 169 g/mol. The molecule has 0 aromatic rings. The molecule has 68 valence electrons. The number of nitrogens with zero attached hydrogens (tertiary/aromatic N) is 1. The first kappa shape index (κ1) is 9.26. The van der Waals surface area contributed by atoms with E-state index in [-0.39, 0.29) is 12.0 Å². The van der Waals surface area contributed by atoms with Crippen LogP contribution in [0, 0.1) is 0 Å². The smallest absolute Gasteiger partial charge is 0.307 e. The van der Waals surface area contributed by atoms with Gasteiger partial charge in [0.2, 0.25) is 0 Å². The quantitative estimate of drug-likeness (QED) is 0.354. The molecule has 0 radical (unpaired) electrons. The number of allylic oxidation sites excluding steroid dienone is 1. The van der Waals surface area contributed by atoms with Crippen LogP contribution in [0.1, 0.15) is 13.3 Å². The second-order valence-electron chi connectivity index (χ2n) is 2.91. The lowest BCUT2D eigenvalue weighted by Crippen LogP contribution is -2.20. The van der Waals surface area contributed by atoms with Gasteiger partial charge in [-0.3, -0.25) is 9.69 Å². The minimum absolute atomic E-state index is 0.134. The minimum Gasteiger partial charge on any atom is -0.469 e. The summed E-state index contributed by atoms with van der Waals surface area (Å²) in [4.78, 5) is 13.2. The van der Waals surface area contributed by atoms with E-state index in [1.165, 1.54) is 7.11 Å². The molecule has 0 amide bonds. The van der Waals surface area contributed by atoms with Crippen LogP contribution in [0.15, 0.2) is 12.2 Å². The summed E-state index contributed by atoms with van der Waals surface area (Å²) in [5, 5.41) is 0. The van der Waals surface area contributed by atoms with Crippen LogP contribution < -0.4 is 0 Å². The fourth-order valence-electron chi connectivity index (χ4n) is 1.18. The van der Waals surface area contributed by atoms with Gasteiger partial charge in [0.05, 0.1) is 13.5 Å². The highest BCUT2D eigenvalue weighted by atomic mass is 16.5. The van der Waals surface area contributed by atoms with Gasteiger partial charge in [-0.05, 0) is 6.92 Å². The van der Waals surface area contributed by atoms with Crippen molar-refractivity contribution in [2.24, 2.45) is 0 Å². The summed E-state index contributed by atoms with van der Waals surface area (Å²) in [7, 11) is 1.43. The largest absolute Gasteiger partial charge is 0.469 e. The van der Waals surface area contributed by atoms with Crippen molar-refractivity contribution in [3.8, 4) is 0 Å². The molecule has 1 atom stereocenters. The zero-order chi connectivity index (χ0) is 8.97. The normalized spacial score (nSPS) is 19.5. The first-order valence-corrected chi connectivity index (χ1v) is 4.21. The minimum atomic E-state index is -0.134. The lowest BCUT2D eigenvalue weighted by molar-refractivity contribution is -0.141. The van der Waals surface area contributed by atoms with Gasteiger partial charge >= 0.3 is 5.97 Å². The van der Waals surface area contributed by atoms with Gasteiger partial charge in [-0.15, -0.1) is 0 Å². The van der Waals surface area contributed by atoms with Crippen molar-refractivity contribution in [3.63, 3.8) is 0 Å². The van der Waals surface area contributed by atoms with Crippen molar-refractivity contribution in [2.75, 3.05) is 20.2 Å². The standard InChI is InChI=1S/C9H15NO2/c1-3-4-8(10-5-6-10)7-9(11)12-2/h3-4,8H,5-7H2,1-2H3. The van der Waals surface area contributed by atoms with Crippen LogP contribution in [-0.2, 0) is 9.53 Å². The fraction of sp³-hybridized carbons (Fsp3) is 0.667. The number of carbonyl (C=O) groups is 1. The van der Waals surface area contributed by atoms with Crippen molar-refractivity contribution in [1.82, 2.24) is 4.90 Å². The highest BCUT2D eigenvalue weighted by Gasteiger charge is 2.27. The maximum atomic E-state index is 10.9. The van der Waals surface area contributed by atoms with Crippen molar-refractivity contribution in [2.45, 2.75) is 19.4 Å². The molecule has 1 fully saturated rings. The Morgan fingerprint density at radius 2 is 2.33 bits per heavy atom. The number of hydrogen-bond donors (Lipinski definition) is 0. The summed E-state index contributed by atoms with van der Waals surface area (Å²) >= 11 is 0. The molecule has 0 aliphatic carbocycles. The van der Waals surface area contributed by atoms with Gasteiger partial charge in [0.1, 0.15) is 0 Å². The van der Waals surface area contributed by atoms with Crippen LogP contribution in [0.25, 0.3) is 0 Å². The van der Waals surface area contributed by atoms with E-state index in [0.29, 0.717) is 6.42 Å². The highest BCUT2D eigenvalue weighted by Crippen LogP contribution is 2.15. The van der Waals surface area contributed by atoms with Crippen LogP contribution in [0.3, 0.4) is 0 Å². The van der Waals surface area contributed by atoms with Crippen LogP contribution in [-0.4, -0.2) is 37.1 Å². The molecule has 12 heavy (non-hydrogen) atoms. The molecule has 1 rings (SSSR count). The number of carbonyl (C=O) groups excluding carboxylic acids is 1. The van der Waals surface area contributed by atoms with Crippen LogP contribution >= 0.6 is 0 Å². The lowest BCUT2D eigenvalue weighted by Gasteiger charge is -2.11. The van der Waals surface area contributed by atoms with Crippen LogP contribution in [0.4, 0.5) is 0 Å². The first-order chi connectivity index (χ1) is 5.77. The van der Waals surface area contributed by atoms with Crippen molar-refractivity contribution < 1.29 is 9.53 Å². The molecule has 0 bridgehead atoms. The molecule has 0 aromatic carbocycles. The Bertz CT molecular complexity index is 185. The Kier molecular flexibility index (Phi) is 3.29. The Hall–Kier alpha value is -0.830. The highest BCUT2D eigenvalue weighted by molar-refractivity contribution is 5.70. The van der Waals surface area contributed by atoms with E-state index >= 15 is 0 Å². The molecule has 1 aliphatic rings. The summed E-state index contributed by atoms with van der Waals surface area (Å²) in [5.41, 5.74) is 0. The van der Waals surface area contributed by atoms with E-state index in [0.717, 1.165) is 13.1 Å². The molecule has 1 aliphatic heterocycles. The van der Waals surface area contributed by atoms with E-state index in [2.05, 4.69) is 9.64 Å². The Morgan fingerprint density at radius 1 is 1.67 bits per heavy atom. The van der Waals surface area contributed by atoms with Crippen LogP contribution in [0.2, 0.25) is 0 Å². The molecule has 3 nitrogen and oxygen atoms in total. The molecule has 0 N–H and O–H groups in total. The summed E-state index contributed by atoms with van der Waals surface area (Å²) in [6.07, 6.45) is 4.50. The van der Waals surface area contributed by atoms with Crippen molar-refractivity contribution >= 4 is 5.97 Å². The number of hydrogen-bond acceptors (Lipinski definition) is 3. The van der Waals surface area contributed by atoms with Crippen molar-refractivity contribution in [1.29, 1.82) is 0 Å². The Morgan fingerprint density at radius 3 is 2.75 bits per heavy atom. The summed E-state index contributed by atoms with van der Waals surface area (Å²) in [5.74, 6) is -0.134. The van der Waals surface area contributed by atoms with E-state index in [1.807, 2.05) is 19.1 Å². The Balaban J connectivity index is 2.37. The SMILES string of the molecule is CC=CC(CC(=O)OC)N1CC1. The molecule has 1 heterocycles. The summed E-state index contributed by atoms with van der Waals surface area (Å²) < 4.78 is 4.61. The van der Waals surface area contributed by atoms with Gasteiger partial charge in [0.15, 0.2) is 0 Å². The average Bonchev–Trinajstić information content (AvgIpc) is 2.86. The third-order valence-corrected chi connectivity index (χ3v) is 1.97. The number of ether oxygens (including phenoxy) is 1. The molecule has 1 unspecified atom stereocenters. The molecule has 1 saturated heterocycles. The molecule has 0 aromatic heterocycles. The third kappa shape index (κ3) is 2.66. The summed E-state index contributed by atoms with van der Waals surface area (Å²) in [6, 6.07) is 0.252. The molecule has 3 heteroatoms. The molecule has 0 saturated carbocycles. The number of rotatable bonds is 4. The summed E-state index contributed by atoms with van der Waals surface area (Å²) in [6.45, 7) is 4.17. The molecule has 0 spiro atoms. The zero-order valence-electron chi connectivity index (χ0n) is 7.62. The lowest BCUT2D eigenvalue weighted by atomic mass is 10.2.